The van der Waals surface area contributed by atoms with E-state index in [0.29, 0.717) is 42.0 Å². The summed E-state index contributed by atoms with van der Waals surface area (Å²) in [5.41, 5.74) is 2.39. The van der Waals surface area contributed by atoms with Gasteiger partial charge in [0, 0.05) is 49.4 Å². The lowest BCUT2D eigenvalue weighted by Gasteiger charge is -2.36. The van der Waals surface area contributed by atoms with E-state index in [9.17, 15) is 8.78 Å². The number of methoxy groups -OCH3 is 1. The maximum atomic E-state index is 13.8. The number of hydroxylamine groups is 1. The highest BCUT2D eigenvalue weighted by atomic mass is 19.1. The van der Waals surface area contributed by atoms with Gasteiger partial charge in [-0.1, -0.05) is 0 Å². The van der Waals surface area contributed by atoms with Gasteiger partial charge in [-0.2, -0.15) is 0 Å². The van der Waals surface area contributed by atoms with Gasteiger partial charge in [0.2, 0.25) is 0 Å². The number of halogens is 2. The second-order valence-corrected chi connectivity index (χ2v) is 9.62. The predicted molar refractivity (Wildman–Crippen MR) is 139 cm³/mol. The monoisotopic (exact) mass is 510 g/mol. The highest BCUT2D eigenvalue weighted by Gasteiger charge is 2.30. The van der Waals surface area contributed by atoms with Gasteiger partial charge in [0.25, 0.3) is 0 Å². The zero-order valence-electron chi connectivity index (χ0n) is 21.3. The minimum atomic E-state index is -0.621. The van der Waals surface area contributed by atoms with E-state index in [0.717, 1.165) is 43.4 Å². The number of anilines is 4. The number of benzene rings is 2. The highest BCUT2D eigenvalue weighted by Crippen LogP contribution is 2.37. The van der Waals surface area contributed by atoms with E-state index in [2.05, 4.69) is 45.2 Å². The molecule has 1 aromatic heterocycles. The van der Waals surface area contributed by atoms with Crippen LogP contribution in [-0.2, 0) is 4.84 Å². The van der Waals surface area contributed by atoms with Gasteiger partial charge in [0.05, 0.1) is 25.4 Å². The smallest absolute Gasteiger partial charge is 0.158 e. The third-order valence-electron chi connectivity index (χ3n) is 7.06. The summed E-state index contributed by atoms with van der Waals surface area (Å²) >= 11 is 0. The van der Waals surface area contributed by atoms with E-state index in [1.54, 1.807) is 18.2 Å². The average Bonchev–Trinajstić information content (AvgIpc) is 3.39. The number of nitrogens with one attached hydrogen (secondary N) is 1. The maximum Gasteiger partial charge on any atom is 0.158 e. The molecule has 0 spiro atoms. The van der Waals surface area contributed by atoms with Crippen molar-refractivity contribution in [2.75, 3.05) is 56.2 Å². The molecular formula is C27H32F2N6O2. The number of piperidine rings is 1. The van der Waals surface area contributed by atoms with Gasteiger partial charge in [0.1, 0.15) is 29.5 Å². The first-order valence-corrected chi connectivity index (χ1v) is 12.5. The molecule has 1 N–H and O–H groups in total. The van der Waals surface area contributed by atoms with Gasteiger partial charge in [-0.25, -0.2) is 23.8 Å². The fourth-order valence-electron chi connectivity index (χ4n) is 5.06. The second-order valence-electron chi connectivity index (χ2n) is 9.62. The van der Waals surface area contributed by atoms with E-state index in [1.165, 1.54) is 18.5 Å². The van der Waals surface area contributed by atoms with Crippen LogP contribution in [0, 0.1) is 11.6 Å². The Labute approximate surface area is 215 Å². The largest absolute Gasteiger partial charge is 0.494 e. The molecule has 2 aliphatic rings. The summed E-state index contributed by atoms with van der Waals surface area (Å²) in [6.07, 6.45) is 4.26. The SMILES string of the molecule is COc1cc(N2CCC(N(C)C)CC2)ccc1Nc1cc(N2OCCC2c2cc(F)cc(F)c2)ncn1. The van der Waals surface area contributed by atoms with Crippen molar-refractivity contribution in [1.29, 1.82) is 0 Å². The summed E-state index contributed by atoms with van der Waals surface area (Å²) in [5.74, 6) is 0.499. The Bertz CT molecular complexity index is 1220. The van der Waals surface area contributed by atoms with Gasteiger partial charge in [-0.15, -0.1) is 0 Å². The number of hydrogen-bond acceptors (Lipinski definition) is 8. The molecule has 5 rings (SSSR count). The maximum absolute atomic E-state index is 13.8. The molecule has 0 amide bonds. The lowest BCUT2D eigenvalue weighted by atomic mass is 10.0. The van der Waals surface area contributed by atoms with Crippen molar-refractivity contribution in [3.8, 4) is 5.75 Å². The number of nitrogens with zero attached hydrogens (tertiary/aromatic N) is 5. The molecule has 0 saturated carbocycles. The Hall–Kier alpha value is -3.50. The molecule has 2 aromatic carbocycles. The van der Waals surface area contributed by atoms with Crippen molar-refractivity contribution in [3.05, 3.63) is 66.0 Å². The quantitative estimate of drug-likeness (QED) is 0.481. The molecule has 196 valence electrons. The molecule has 8 nitrogen and oxygen atoms in total. The van der Waals surface area contributed by atoms with E-state index >= 15 is 0 Å². The van der Waals surface area contributed by atoms with Crippen LogP contribution >= 0.6 is 0 Å². The topological polar surface area (TPSA) is 66.0 Å². The van der Waals surface area contributed by atoms with Crippen LogP contribution in [0.25, 0.3) is 0 Å². The van der Waals surface area contributed by atoms with Crippen molar-refractivity contribution in [2.45, 2.75) is 31.3 Å². The summed E-state index contributed by atoms with van der Waals surface area (Å²) in [6, 6.07) is 11.6. The third kappa shape index (κ3) is 5.60. The van der Waals surface area contributed by atoms with Crippen LogP contribution in [0.5, 0.6) is 5.75 Å². The fourth-order valence-corrected chi connectivity index (χ4v) is 5.06. The molecule has 3 heterocycles. The van der Waals surface area contributed by atoms with Crippen LogP contribution in [-0.4, -0.2) is 61.8 Å². The molecule has 1 atom stereocenters. The lowest BCUT2D eigenvalue weighted by molar-refractivity contribution is 0.156. The van der Waals surface area contributed by atoms with Crippen LogP contribution in [0.4, 0.5) is 31.8 Å². The summed E-state index contributed by atoms with van der Waals surface area (Å²) in [4.78, 5) is 19.2. The molecule has 2 aliphatic heterocycles. The van der Waals surface area contributed by atoms with Crippen LogP contribution < -0.4 is 20.0 Å². The summed E-state index contributed by atoms with van der Waals surface area (Å²) in [5, 5.41) is 4.89. The third-order valence-corrected chi connectivity index (χ3v) is 7.06. The van der Waals surface area contributed by atoms with Gasteiger partial charge in [-0.3, -0.25) is 4.84 Å². The molecule has 2 fully saturated rings. The van der Waals surface area contributed by atoms with Gasteiger partial charge in [-0.05, 0) is 56.8 Å². The lowest BCUT2D eigenvalue weighted by Crippen LogP contribution is -2.41. The highest BCUT2D eigenvalue weighted by molar-refractivity contribution is 5.70. The van der Waals surface area contributed by atoms with Crippen molar-refractivity contribution >= 4 is 23.0 Å². The predicted octanol–water partition coefficient (Wildman–Crippen LogP) is 4.92. The standard InChI is InChI=1S/C27H32F2N6O2/c1-33(2)21-6-9-34(10-7-21)22-4-5-23(25(15-22)36-3)32-26-16-27(31-17-30-26)35-24(8-11-37-35)18-12-19(28)14-20(29)13-18/h4-5,12-17,21,24H,6-11H2,1-3H3,(H,30,31,32). The molecule has 0 bridgehead atoms. The Balaban J connectivity index is 1.32. The van der Waals surface area contributed by atoms with Gasteiger partial charge in [0.15, 0.2) is 5.82 Å². The number of hydrogen-bond donors (Lipinski definition) is 1. The van der Waals surface area contributed by atoms with Crippen LogP contribution in [0.2, 0.25) is 0 Å². The van der Waals surface area contributed by atoms with Crippen LogP contribution in [0.15, 0.2) is 48.8 Å². The van der Waals surface area contributed by atoms with Crippen LogP contribution in [0.3, 0.4) is 0 Å². The molecule has 2 saturated heterocycles. The van der Waals surface area contributed by atoms with E-state index in [1.807, 2.05) is 12.1 Å². The van der Waals surface area contributed by atoms with Crippen molar-refractivity contribution in [1.82, 2.24) is 14.9 Å². The Morgan fingerprint density at radius 3 is 2.46 bits per heavy atom. The molecular weight excluding hydrogens is 478 g/mol. The minimum Gasteiger partial charge on any atom is -0.494 e. The Morgan fingerprint density at radius 1 is 1.00 bits per heavy atom. The zero-order chi connectivity index (χ0) is 25.9. The first-order chi connectivity index (χ1) is 17.9. The fraction of sp³-hybridized carbons (Fsp3) is 0.407. The molecule has 10 heteroatoms. The Kier molecular flexibility index (Phi) is 7.38. The van der Waals surface area contributed by atoms with Crippen molar-refractivity contribution < 1.29 is 18.4 Å². The van der Waals surface area contributed by atoms with Crippen LogP contribution in [0.1, 0.15) is 30.9 Å². The molecule has 37 heavy (non-hydrogen) atoms. The normalized spacial score (nSPS) is 18.5. The van der Waals surface area contributed by atoms with E-state index in [-0.39, 0.29) is 6.04 Å². The number of rotatable bonds is 7. The number of ether oxygens (including phenoxy) is 1. The van der Waals surface area contributed by atoms with Crippen molar-refractivity contribution in [3.63, 3.8) is 0 Å². The molecule has 0 radical (unpaired) electrons. The molecule has 0 aliphatic carbocycles. The summed E-state index contributed by atoms with van der Waals surface area (Å²) in [6.45, 7) is 2.41. The zero-order valence-corrected chi connectivity index (χ0v) is 21.3. The molecule has 1 unspecified atom stereocenters. The van der Waals surface area contributed by atoms with Gasteiger partial charge >= 0.3 is 0 Å². The van der Waals surface area contributed by atoms with Crippen molar-refractivity contribution in [2.24, 2.45) is 0 Å². The first kappa shape index (κ1) is 25.2. The van der Waals surface area contributed by atoms with E-state index < -0.39 is 11.6 Å². The summed E-state index contributed by atoms with van der Waals surface area (Å²) in [7, 11) is 5.92. The Morgan fingerprint density at radius 2 is 1.76 bits per heavy atom. The summed E-state index contributed by atoms with van der Waals surface area (Å²) < 4.78 is 33.4. The molecule has 3 aromatic rings. The average molecular weight is 511 g/mol. The number of aromatic nitrogens is 2. The first-order valence-electron chi connectivity index (χ1n) is 12.5. The van der Waals surface area contributed by atoms with Gasteiger partial charge < -0.3 is 19.9 Å². The second kappa shape index (κ2) is 10.9. The minimum absolute atomic E-state index is 0.363. The van der Waals surface area contributed by atoms with E-state index in [4.69, 9.17) is 9.57 Å².